The quantitative estimate of drug-likeness (QED) is 0.726. The molecule has 0 saturated carbocycles. The second kappa shape index (κ2) is 5.46. The first-order valence-corrected chi connectivity index (χ1v) is 7.48. The molecule has 0 spiro atoms. The third-order valence-electron chi connectivity index (χ3n) is 4.13. The number of aromatic nitrogens is 2. The van der Waals surface area contributed by atoms with Crippen molar-refractivity contribution in [2.75, 3.05) is 6.54 Å². The number of hydrogen-bond donors (Lipinski definition) is 0. The van der Waals surface area contributed by atoms with Gasteiger partial charge in [-0.2, -0.15) is 0 Å². The van der Waals surface area contributed by atoms with Crippen LogP contribution in [0.25, 0.3) is 11.0 Å². The van der Waals surface area contributed by atoms with Gasteiger partial charge in [0, 0.05) is 37.9 Å². The Morgan fingerprint density at radius 2 is 1.95 bits per heavy atom. The Hall–Kier alpha value is -2.33. The van der Waals surface area contributed by atoms with Gasteiger partial charge in [0.15, 0.2) is 0 Å². The first kappa shape index (κ1) is 13.3. The van der Waals surface area contributed by atoms with Gasteiger partial charge in [-0.1, -0.05) is 12.1 Å². The Balaban J connectivity index is 1.58. The molecule has 0 saturated heterocycles. The van der Waals surface area contributed by atoms with Crippen LogP contribution in [-0.2, 0) is 19.5 Å². The predicted octanol–water partition coefficient (Wildman–Crippen LogP) is 3.33. The van der Waals surface area contributed by atoms with Crippen LogP contribution in [0.3, 0.4) is 0 Å². The molecule has 1 aliphatic rings. The van der Waals surface area contributed by atoms with E-state index in [0.717, 1.165) is 42.7 Å². The van der Waals surface area contributed by atoms with Gasteiger partial charge in [-0.15, -0.1) is 0 Å². The molecule has 4 heteroatoms. The monoisotopic (exact) mass is 293 g/mol. The minimum atomic E-state index is -0.186. The number of hydrogen-bond acceptors (Lipinski definition) is 3. The van der Waals surface area contributed by atoms with Crippen molar-refractivity contribution in [2.24, 2.45) is 0 Å². The summed E-state index contributed by atoms with van der Waals surface area (Å²) in [6, 6.07) is 12.8. The normalized spacial score (nSPS) is 15.0. The van der Waals surface area contributed by atoms with Crippen molar-refractivity contribution in [1.29, 1.82) is 0 Å². The summed E-state index contributed by atoms with van der Waals surface area (Å²) >= 11 is 0. The zero-order valence-electron chi connectivity index (χ0n) is 12.2. The molecule has 1 aliphatic heterocycles. The maximum atomic E-state index is 13.0. The fourth-order valence-corrected chi connectivity index (χ4v) is 3.00. The summed E-state index contributed by atoms with van der Waals surface area (Å²) < 4.78 is 13.0. The first-order valence-electron chi connectivity index (χ1n) is 7.48. The fourth-order valence-electron chi connectivity index (χ4n) is 3.00. The molecule has 0 atom stereocenters. The molecule has 4 rings (SSSR count). The number of benzene rings is 1. The average Bonchev–Trinajstić information content (AvgIpc) is 2.55. The summed E-state index contributed by atoms with van der Waals surface area (Å²) in [6.07, 6.45) is 2.75. The van der Waals surface area contributed by atoms with E-state index in [1.54, 1.807) is 6.20 Å². The van der Waals surface area contributed by atoms with Crippen molar-refractivity contribution in [2.45, 2.75) is 19.5 Å². The van der Waals surface area contributed by atoms with Crippen molar-refractivity contribution in [3.63, 3.8) is 0 Å². The molecule has 3 nitrogen and oxygen atoms in total. The van der Waals surface area contributed by atoms with E-state index in [9.17, 15) is 4.39 Å². The van der Waals surface area contributed by atoms with Gasteiger partial charge in [0.05, 0.1) is 11.0 Å². The lowest BCUT2D eigenvalue weighted by molar-refractivity contribution is 0.243. The van der Waals surface area contributed by atoms with Crippen molar-refractivity contribution in [1.82, 2.24) is 14.9 Å². The molecule has 0 unspecified atom stereocenters. The van der Waals surface area contributed by atoms with Gasteiger partial charge >= 0.3 is 0 Å². The number of pyridine rings is 2. The van der Waals surface area contributed by atoms with E-state index < -0.39 is 0 Å². The highest BCUT2D eigenvalue weighted by molar-refractivity contribution is 5.74. The summed E-state index contributed by atoms with van der Waals surface area (Å²) in [5, 5.41) is 0. The number of nitrogens with zero attached hydrogens (tertiary/aromatic N) is 3. The van der Waals surface area contributed by atoms with Crippen LogP contribution in [0.1, 0.15) is 16.8 Å². The second-order valence-corrected chi connectivity index (χ2v) is 5.72. The zero-order valence-corrected chi connectivity index (χ0v) is 12.2. The lowest BCUT2D eigenvalue weighted by Gasteiger charge is -2.28. The third kappa shape index (κ3) is 2.57. The van der Waals surface area contributed by atoms with E-state index in [4.69, 9.17) is 4.98 Å². The van der Waals surface area contributed by atoms with Crippen molar-refractivity contribution < 1.29 is 4.39 Å². The molecule has 2 aromatic heterocycles. The molecule has 1 aromatic carbocycles. The number of fused-ring (bicyclic) bond motifs is 2. The molecule has 3 aromatic rings. The zero-order chi connectivity index (χ0) is 14.9. The molecule has 0 fully saturated rings. The largest absolute Gasteiger partial charge is 0.294 e. The number of rotatable bonds is 2. The summed E-state index contributed by atoms with van der Waals surface area (Å²) in [5.74, 6) is -0.186. The molecular formula is C18H16FN3. The maximum absolute atomic E-state index is 13.0. The van der Waals surface area contributed by atoms with Gasteiger partial charge in [0.1, 0.15) is 5.82 Å². The Morgan fingerprint density at radius 3 is 2.82 bits per heavy atom. The van der Waals surface area contributed by atoms with E-state index in [0.29, 0.717) is 0 Å². The van der Waals surface area contributed by atoms with E-state index in [1.165, 1.54) is 23.4 Å². The minimum Gasteiger partial charge on any atom is -0.294 e. The third-order valence-corrected chi connectivity index (χ3v) is 4.13. The Bertz CT molecular complexity index is 814. The average molecular weight is 293 g/mol. The smallest absolute Gasteiger partial charge is 0.123 e. The van der Waals surface area contributed by atoms with Gasteiger partial charge in [0.25, 0.3) is 0 Å². The molecule has 22 heavy (non-hydrogen) atoms. The van der Waals surface area contributed by atoms with Crippen LogP contribution in [0.4, 0.5) is 4.39 Å². The van der Waals surface area contributed by atoms with Gasteiger partial charge in [0.2, 0.25) is 0 Å². The Morgan fingerprint density at radius 1 is 1.09 bits per heavy atom. The lowest BCUT2D eigenvalue weighted by atomic mass is 10.0. The molecule has 0 N–H and O–H groups in total. The van der Waals surface area contributed by atoms with Crippen molar-refractivity contribution in [3.8, 4) is 0 Å². The van der Waals surface area contributed by atoms with E-state index in [1.807, 2.05) is 24.3 Å². The van der Waals surface area contributed by atoms with Crippen LogP contribution in [0.5, 0.6) is 0 Å². The topological polar surface area (TPSA) is 29.0 Å². The van der Waals surface area contributed by atoms with Crippen LogP contribution in [0.15, 0.2) is 48.7 Å². The highest BCUT2D eigenvalue weighted by Crippen LogP contribution is 2.22. The maximum Gasteiger partial charge on any atom is 0.123 e. The summed E-state index contributed by atoms with van der Waals surface area (Å²) in [4.78, 5) is 11.5. The molecular weight excluding hydrogens is 277 g/mol. The number of halogens is 1. The molecule has 0 bridgehead atoms. The highest BCUT2D eigenvalue weighted by Gasteiger charge is 2.18. The van der Waals surface area contributed by atoms with E-state index >= 15 is 0 Å². The van der Waals surface area contributed by atoms with Crippen LogP contribution >= 0.6 is 0 Å². The molecule has 3 heterocycles. The molecule has 110 valence electrons. The Labute approximate surface area is 128 Å². The molecule has 0 amide bonds. The van der Waals surface area contributed by atoms with Crippen LogP contribution < -0.4 is 0 Å². The highest BCUT2D eigenvalue weighted by atomic mass is 19.1. The first-order chi connectivity index (χ1) is 10.8. The van der Waals surface area contributed by atoms with Gasteiger partial charge in [-0.25, -0.2) is 4.39 Å². The molecule has 0 radical (unpaired) electrons. The fraction of sp³-hybridized carbons (Fsp3) is 0.222. The predicted molar refractivity (Wildman–Crippen MR) is 83.8 cm³/mol. The van der Waals surface area contributed by atoms with E-state index in [2.05, 4.69) is 16.0 Å². The van der Waals surface area contributed by atoms with Gasteiger partial charge in [-0.05, 0) is 41.5 Å². The van der Waals surface area contributed by atoms with E-state index in [-0.39, 0.29) is 5.82 Å². The Kier molecular flexibility index (Phi) is 3.31. The second-order valence-electron chi connectivity index (χ2n) is 5.72. The summed E-state index contributed by atoms with van der Waals surface area (Å²) in [6.45, 7) is 2.68. The van der Waals surface area contributed by atoms with Crippen molar-refractivity contribution >= 4 is 11.0 Å². The van der Waals surface area contributed by atoms with Crippen LogP contribution in [-0.4, -0.2) is 21.4 Å². The standard InChI is InChI=1S/C18H16FN3/c19-15-5-3-13(4-6-15)11-22-9-7-16-14(12-22)10-18-17(21-16)2-1-8-20-18/h1-6,8,10H,7,9,11-12H2. The summed E-state index contributed by atoms with van der Waals surface area (Å²) in [7, 11) is 0. The SMILES string of the molecule is Fc1ccc(CN2CCc3nc4cccnc4cc3C2)cc1. The lowest BCUT2D eigenvalue weighted by Crippen LogP contribution is -2.30. The van der Waals surface area contributed by atoms with Crippen molar-refractivity contribution in [3.05, 3.63) is 71.3 Å². The minimum absolute atomic E-state index is 0.186. The van der Waals surface area contributed by atoms with Gasteiger partial charge < -0.3 is 0 Å². The van der Waals surface area contributed by atoms with Crippen LogP contribution in [0.2, 0.25) is 0 Å². The summed E-state index contributed by atoms with van der Waals surface area (Å²) in [5.41, 5.74) is 5.48. The molecule has 0 aliphatic carbocycles. The van der Waals surface area contributed by atoms with Gasteiger partial charge in [-0.3, -0.25) is 14.9 Å². The van der Waals surface area contributed by atoms with Crippen LogP contribution in [0, 0.1) is 5.82 Å².